The van der Waals surface area contributed by atoms with E-state index in [0.29, 0.717) is 22.4 Å². The number of ether oxygens (including phenoxy) is 1. The number of hydrogen-bond donors (Lipinski definition) is 0. The van der Waals surface area contributed by atoms with Crippen LogP contribution in [0.4, 0.5) is 10.1 Å². The molecule has 4 nitrogen and oxygen atoms in total. The summed E-state index contributed by atoms with van der Waals surface area (Å²) in [4.78, 5) is 10.0. The van der Waals surface area contributed by atoms with Crippen molar-refractivity contribution in [1.29, 1.82) is 0 Å². The van der Waals surface area contributed by atoms with E-state index >= 15 is 0 Å². The third-order valence-electron chi connectivity index (χ3n) is 2.48. The fraction of sp³-hybridized carbons (Fsp3) is 0.0769. The van der Waals surface area contributed by atoms with Crippen LogP contribution in [0.2, 0.25) is 0 Å². The number of nitro benzene ring substituents is 1. The number of hydrogen-bond acceptors (Lipinski definition) is 3. The van der Waals surface area contributed by atoms with Crippen molar-refractivity contribution in [3.05, 3.63) is 64.0 Å². The lowest BCUT2D eigenvalue weighted by Crippen LogP contribution is -1.93. The minimum atomic E-state index is -0.490. The van der Waals surface area contributed by atoms with E-state index in [1.165, 1.54) is 30.3 Å². The molecule has 0 saturated heterocycles. The molecule has 98 valence electrons. The van der Waals surface area contributed by atoms with Crippen LogP contribution in [-0.4, -0.2) is 4.92 Å². The molecule has 0 aliphatic heterocycles. The first kappa shape index (κ1) is 13.5. The molecule has 0 bridgehead atoms. The summed E-state index contributed by atoms with van der Waals surface area (Å²) in [6.45, 7) is 0. The Morgan fingerprint density at radius 3 is 2.47 bits per heavy atom. The summed E-state index contributed by atoms with van der Waals surface area (Å²) in [5.74, 6) is 0.431. The highest BCUT2D eigenvalue weighted by atomic mass is 79.9. The molecule has 0 spiro atoms. The van der Waals surface area contributed by atoms with E-state index < -0.39 is 4.92 Å². The molecular weight excluding hydrogens is 317 g/mol. The Kier molecular flexibility index (Phi) is 4.11. The second-order valence-corrected chi connectivity index (χ2v) is 4.26. The van der Waals surface area contributed by atoms with E-state index in [2.05, 4.69) is 15.9 Å². The second-order valence-electron chi connectivity index (χ2n) is 3.70. The molecule has 0 aromatic heterocycles. The minimum absolute atomic E-state index is 0.0210. The molecule has 0 saturated carbocycles. The third kappa shape index (κ3) is 3.08. The summed E-state index contributed by atoms with van der Waals surface area (Å²) in [6.07, 6.45) is 0. The van der Waals surface area contributed by atoms with Gasteiger partial charge in [-0.05, 0) is 24.3 Å². The van der Waals surface area contributed by atoms with Crippen LogP contribution in [0.15, 0.2) is 42.5 Å². The summed E-state index contributed by atoms with van der Waals surface area (Å²) in [5.41, 5.74) is 0.383. The van der Waals surface area contributed by atoms with E-state index in [1.807, 2.05) is 0 Å². The Morgan fingerprint density at radius 2 is 1.89 bits per heavy atom. The summed E-state index contributed by atoms with van der Waals surface area (Å²) in [6, 6.07) is 10.1. The van der Waals surface area contributed by atoms with Crippen LogP contribution < -0.4 is 4.74 Å². The van der Waals surface area contributed by atoms with Gasteiger partial charge in [-0.15, -0.1) is 0 Å². The molecule has 0 amide bonds. The first-order valence-electron chi connectivity index (χ1n) is 5.37. The van der Waals surface area contributed by atoms with Crippen molar-refractivity contribution in [1.82, 2.24) is 0 Å². The number of rotatable bonds is 4. The van der Waals surface area contributed by atoms with Crippen LogP contribution in [0.5, 0.6) is 11.5 Å². The van der Waals surface area contributed by atoms with Gasteiger partial charge < -0.3 is 4.74 Å². The number of alkyl halides is 1. The monoisotopic (exact) mass is 325 g/mol. The largest absolute Gasteiger partial charge is 0.457 e. The lowest BCUT2D eigenvalue weighted by atomic mass is 10.2. The van der Waals surface area contributed by atoms with Crippen LogP contribution in [0.3, 0.4) is 0 Å². The zero-order valence-corrected chi connectivity index (χ0v) is 11.3. The van der Waals surface area contributed by atoms with Gasteiger partial charge in [0.2, 0.25) is 0 Å². The first-order chi connectivity index (χ1) is 9.11. The molecule has 0 unspecified atom stereocenters. The van der Waals surface area contributed by atoms with E-state index in [4.69, 9.17) is 4.74 Å². The molecule has 0 fully saturated rings. The van der Waals surface area contributed by atoms with Crippen molar-refractivity contribution in [2.24, 2.45) is 0 Å². The van der Waals surface area contributed by atoms with Crippen LogP contribution in [0, 0.1) is 15.9 Å². The predicted octanol–water partition coefficient (Wildman–Crippen LogP) is 4.42. The zero-order valence-electron chi connectivity index (χ0n) is 9.68. The third-order valence-corrected chi connectivity index (χ3v) is 3.05. The molecule has 0 radical (unpaired) electrons. The maximum atomic E-state index is 13.5. The smallest absolute Gasteiger partial charge is 0.269 e. The van der Waals surface area contributed by atoms with Gasteiger partial charge in [-0.3, -0.25) is 10.1 Å². The fourth-order valence-corrected chi connectivity index (χ4v) is 2.07. The fourth-order valence-electron chi connectivity index (χ4n) is 1.53. The summed E-state index contributed by atoms with van der Waals surface area (Å²) >= 11 is 3.19. The topological polar surface area (TPSA) is 52.4 Å². The number of non-ortho nitro benzene ring substituents is 1. The van der Waals surface area contributed by atoms with Gasteiger partial charge in [-0.2, -0.15) is 0 Å². The van der Waals surface area contributed by atoms with E-state index in [1.54, 1.807) is 12.1 Å². The van der Waals surface area contributed by atoms with Gasteiger partial charge in [0.1, 0.15) is 17.3 Å². The maximum Gasteiger partial charge on any atom is 0.269 e. The lowest BCUT2D eigenvalue weighted by molar-refractivity contribution is -0.384. The molecule has 0 heterocycles. The number of nitro groups is 1. The zero-order chi connectivity index (χ0) is 13.8. The normalized spacial score (nSPS) is 10.2. The first-order valence-corrected chi connectivity index (χ1v) is 6.49. The molecule has 2 aromatic carbocycles. The van der Waals surface area contributed by atoms with E-state index in [-0.39, 0.29) is 11.5 Å². The summed E-state index contributed by atoms with van der Waals surface area (Å²) < 4.78 is 19.0. The number of nitrogens with zero attached hydrogens (tertiary/aromatic N) is 1. The highest BCUT2D eigenvalue weighted by Gasteiger charge is 2.10. The van der Waals surface area contributed by atoms with Crippen molar-refractivity contribution in [3.63, 3.8) is 0 Å². The Labute approximate surface area is 117 Å². The van der Waals surface area contributed by atoms with Crippen molar-refractivity contribution >= 4 is 21.6 Å². The Hall–Kier alpha value is -1.95. The highest BCUT2D eigenvalue weighted by Crippen LogP contribution is 2.29. The standard InChI is InChI=1S/C13H9BrFNO3/c14-8-11-12(15)2-1-3-13(11)19-10-6-4-9(5-7-10)16(17)18/h1-7H,8H2. The molecule has 0 N–H and O–H groups in total. The van der Waals surface area contributed by atoms with Gasteiger partial charge >= 0.3 is 0 Å². The maximum absolute atomic E-state index is 13.5. The lowest BCUT2D eigenvalue weighted by Gasteiger charge is -2.10. The quantitative estimate of drug-likeness (QED) is 0.475. The summed E-state index contributed by atoms with van der Waals surface area (Å²) in [5, 5.41) is 10.8. The van der Waals surface area contributed by atoms with Gasteiger partial charge in [0, 0.05) is 23.0 Å². The van der Waals surface area contributed by atoms with Gasteiger partial charge in [0.25, 0.3) is 5.69 Å². The molecule has 6 heteroatoms. The van der Waals surface area contributed by atoms with Crippen LogP contribution in [0.25, 0.3) is 0 Å². The van der Waals surface area contributed by atoms with Crippen molar-refractivity contribution in [2.45, 2.75) is 5.33 Å². The molecule has 0 atom stereocenters. The molecule has 2 aromatic rings. The van der Waals surface area contributed by atoms with Gasteiger partial charge in [0.05, 0.1) is 4.92 Å². The molecule has 0 aliphatic rings. The molecule has 0 aliphatic carbocycles. The summed E-state index contributed by atoms with van der Waals surface area (Å²) in [7, 11) is 0. The predicted molar refractivity (Wildman–Crippen MR) is 72.2 cm³/mol. The SMILES string of the molecule is O=[N+]([O-])c1ccc(Oc2cccc(F)c2CBr)cc1. The van der Waals surface area contributed by atoms with Crippen LogP contribution in [0.1, 0.15) is 5.56 Å². The number of benzene rings is 2. The second kappa shape index (κ2) is 5.79. The average Bonchev–Trinajstić information content (AvgIpc) is 2.39. The molecular formula is C13H9BrFNO3. The minimum Gasteiger partial charge on any atom is -0.457 e. The van der Waals surface area contributed by atoms with E-state index in [9.17, 15) is 14.5 Å². The Bertz CT molecular complexity index is 601. The highest BCUT2D eigenvalue weighted by molar-refractivity contribution is 9.08. The Morgan fingerprint density at radius 1 is 1.21 bits per heavy atom. The van der Waals surface area contributed by atoms with Gasteiger partial charge in [-0.25, -0.2) is 4.39 Å². The van der Waals surface area contributed by atoms with Crippen molar-refractivity contribution in [2.75, 3.05) is 0 Å². The van der Waals surface area contributed by atoms with Crippen LogP contribution >= 0.6 is 15.9 Å². The van der Waals surface area contributed by atoms with Gasteiger partial charge in [0.15, 0.2) is 0 Å². The van der Waals surface area contributed by atoms with Gasteiger partial charge in [-0.1, -0.05) is 22.0 Å². The average molecular weight is 326 g/mol. The molecule has 2 rings (SSSR count). The van der Waals surface area contributed by atoms with E-state index in [0.717, 1.165) is 0 Å². The van der Waals surface area contributed by atoms with Crippen molar-refractivity contribution in [3.8, 4) is 11.5 Å². The Balaban J connectivity index is 2.26. The van der Waals surface area contributed by atoms with Crippen molar-refractivity contribution < 1.29 is 14.1 Å². The van der Waals surface area contributed by atoms with Crippen LogP contribution in [-0.2, 0) is 5.33 Å². The number of halogens is 2. The molecule has 19 heavy (non-hydrogen) atoms.